The van der Waals surface area contributed by atoms with E-state index in [1.165, 1.54) is 0 Å². The number of ether oxygens (including phenoxy) is 2. The van der Waals surface area contributed by atoms with Gasteiger partial charge in [0.2, 0.25) is 0 Å². The molecule has 0 heterocycles. The minimum absolute atomic E-state index is 0.146. The lowest BCUT2D eigenvalue weighted by Crippen LogP contribution is -2.42. The standard InChI is InChI=1S/C19H42NO2/c1-11-20(9,10)12-13-21-16-22-15-19(8,18(5,6)7)14-17(2,3)4/h11-16H2,1-10H3/q+1. The van der Waals surface area contributed by atoms with Gasteiger partial charge in [0, 0.05) is 0 Å². The van der Waals surface area contributed by atoms with Crippen LogP contribution in [-0.4, -0.2) is 51.7 Å². The first-order valence-corrected chi connectivity index (χ1v) is 8.70. The molecule has 0 rings (SSSR count). The molecule has 0 bridgehead atoms. The van der Waals surface area contributed by atoms with E-state index in [9.17, 15) is 0 Å². The van der Waals surface area contributed by atoms with E-state index in [1.54, 1.807) is 0 Å². The molecule has 0 aromatic rings. The van der Waals surface area contributed by atoms with Crippen LogP contribution in [0.5, 0.6) is 0 Å². The van der Waals surface area contributed by atoms with Crippen LogP contribution in [0.1, 0.15) is 61.8 Å². The molecule has 0 aromatic carbocycles. The molecule has 3 nitrogen and oxygen atoms in total. The first-order valence-electron chi connectivity index (χ1n) is 8.70. The molecule has 22 heavy (non-hydrogen) atoms. The van der Waals surface area contributed by atoms with E-state index in [-0.39, 0.29) is 10.8 Å². The topological polar surface area (TPSA) is 18.5 Å². The van der Waals surface area contributed by atoms with Gasteiger partial charge in [0.15, 0.2) is 0 Å². The van der Waals surface area contributed by atoms with Gasteiger partial charge in [0.05, 0.1) is 33.9 Å². The van der Waals surface area contributed by atoms with Crippen LogP contribution in [0.4, 0.5) is 0 Å². The van der Waals surface area contributed by atoms with Crippen molar-refractivity contribution in [3.63, 3.8) is 0 Å². The molecule has 1 atom stereocenters. The van der Waals surface area contributed by atoms with Gasteiger partial charge in [0.1, 0.15) is 13.3 Å². The van der Waals surface area contributed by atoms with E-state index < -0.39 is 0 Å². The molecule has 0 N–H and O–H groups in total. The Labute approximate surface area is 140 Å². The summed E-state index contributed by atoms with van der Waals surface area (Å²) in [7, 11) is 4.45. The zero-order valence-electron chi connectivity index (χ0n) is 17.0. The first-order chi connectivity index (χ1) is 9.72. The molecular weight excluding hydrogens is 274 g/mol. The average Bonchev–Trinajstić information content (AvgIpc) is 2.30. The van der Waals surface area contributed by atoms with Crippen LogP contribution in [0.2, 0.25) is 0 Å². The Morgan fingerprint density at radius 2 is 1.41 bits per heavy atom. The molecule has 0 aliphatic carbocycles. The van der Waals surface area contributed by atoms with Crippen molar-refractivity contribution in [2.75, 3.05) is 47.2 Å². The molecule has 0 aliphatic rings. The Kier molecular flexibility index (Phi) is 8.08. The van der Waals surface area contributed by atoms with Gasteiger partial charge >= 0.3 is 0 Å². The van der Waals surface area contributed by atoms with Gasteiger partial charge in [-0.15, -0.1) is 0 Å². The van der Waals surface area contributed by atoms with Crippen molar-refractivity contribution in [3.8, 4) is 0 Å². The van der Waals surface area contributed by atoms with Crippen LogP contribution in [0.25, 0.3) is 0 Å². The predicted molar refractivity (Wildman–Crippen MR) is 95.9 cm³/mol. The summed E-state index contributed by atoms with van der Waals surface area (Å²) < 4.78 is 12.6. The van der Waals surface area contributed by atoms with Crippen molar-refractivity contribution in [1.82, 2.24) is 0 Å². The Morgan fingerprint density at radius 1 is 0.864 bits per heavy atom. The van der Waals surface area contributed by atoms with E-state index in [4.69, 9.17) is 9.47 Å². The monoisotopic (exact) mass is 316 g/mol. The maximum atomic E-state index is 5.89. The van der Waals surface area contributed by atoms with Gasteiger partial charge in [0.25, 0.3) is 0 Å². The van der Waals surface area contributed by atoms with E-state index in [1.807, 2.05) is 0 Å². The molecule has 0 fully saturated rings. The Balaban J connectivity index is 4.27. The van der Waals surface area contributed by atoms with E-state index in [2.05, 4.69) is 69.5 Å². The third kappa shape index (κ3) is 8.50. The van der Waals surface area contributed by atoms with Crippen LogP contribution in [0.3, 0.4) is 0 Å². The molecule has 3 heteroatoms. The molecule has 0 aromatic heterocycles. The summed E-state index contributed by atoms with van der Waals surface area (Å²) in [5, 5.41) is 0. The smallest absolute Gasteiger partial charge is 0.147 e. The second-order valence-electron chi connectivity index (χ2n) is 9.90. The second kappa shape index (κ2) is 8.12. The Hall–Kier alpha value is -0.120. The Morgan fingerprint density at radius 3 is 1.82 bits per heavy atom. The van der Waals surface area contributed by atoms with Crippen LogP contribution < -0.4 is 0 Å². The van der Waals surface area contributed by atoms with Crippen molar-refractivity contribution in [2.45, 2.75) is 61.8 Å². The zero-order valence-corrected chi connectivity index (χ0v) is 17.0. The highest BCUT2D eigenvalue weighted by Crippen LogP contribution is 2.46. The molecule has 0 spiro atoms. The summed E-state index contributed by atoms with van der Waals surface area (Å²) in [5.41, 5.74) is 0.656. The lowest BCUT2D eigenvalue weighted by Gasteiger charge is -2.45. The summed E-state index contributed by atoms with van der Waals surface area (Å²) in [6, 6.07) is 0. The molecule has 0 saturated carbocycles. The minimum atomic E-state index is 0.146. The summed E-state index contributed by atoms with van der Waals surface area (Å²) >= 11 is 0. The second-order valence-corrected chi connectivity index (χ2v) is 9.90. The molecule has 1 unspecified atom stereocenters. The fourth-order valence-electron chi connectivity index (χ4n) is 2.56. The number of nitrogens with zero attached hydrogens (tertiary/aromatic N) is 1. The number of hydrogen-bond acceptors (Lipinski definition) is 2. The third-order valence-electron chi connectivity index (χ3n) is 5.02. The van der Waals surface area contributed by atoms with Crippen LogP contribution in [0.15, 0.2) is 0 Å². The SMILES string of the molecule is CC[N+](C)(C)CCOCOCC(C)(CC(C)(C)C)C(C)(C)C. The summed E-state index contributed by atoms with van der Waals surface area (Å²) in [5.74, 6) is 0. The predicted octanol–water partition coefficient (Wildman–Crippen LogP) is 4.56. The minimum Gasteiger partial charge on any atom is -0.355 e. The molecule has 0 aliphatic heterocycles. The van der Waals surface area contributed by atoms with Crippen LogP contribution >= 0.6 is 0 Å². The average molecular weight is 317 g/mol. The van der Waals surface area contributed by atoms with Gasteiger partial charge in [-0.2, -0.15) is 0 Å². The van der Waals surface area contributed by atoms with Crippen molar-refractivity contribution in [1.29, 1.82) is 0 Å². The maximum Gasteiger partial charge on any atom is 0.147 e. The molecule has 134 valence electrons. The van der Waals surface area contributed by atoms with Crippen LogP contribution in [0, 0.1) is 16.2 Å². The van der Waals surface area contributed by atoms with Gasteiger partial charge in [-0.25, -0.2) is 0 Å². The van der Waals surface area contributed by atoms with E-state index in [0.29, 0.717) is 12.2 Å². The Bertz CT molecular complexity index is 312. The zero-order chi connectivity index (χ0) is 17.7. The van der Waals surface area contributed by atoms with Gasteiger partial charge in [-0.05, 0) is 29.6 Å². The van der Waals surface area contributed by atoms with Crippen molar-refractivity contribution < 1.29 is 14.0 Å². The fraction of sp³-hybridized carbons (Fsp3) is 1.00. The van der Waals surface area contributed by atoms with E-state index >= 15 is 0 Å². The first kappa shape index (κ1) is 21.9. The fourth-order valence-corrected chi connectivity index (χ4v) is 2.56. The highest BCUT2D eigenvalue weighted by Gasteiger charge is 2.40. The molecule has 0 amide bonds. The van der Waals surface area contributed by atoms with Gasteiger partial charge in [-0.3, -0.25) is 0 Å². The molecule has 0 saturated heterocycles. The number of quaternary nitrogens is 1. The van der Waals surface area contributed by atoms with Gasteiger partial charge in [-0.1, -0.05) is 48.5 Å². The highest BCUT2D eigenvalue weighted by atomic mass is 16.7. The van der Waals surface area contributed by atoms with Crippen molar-refractivity contribution >= 4 is 0 Å². The lowest BCUT2D eigenvalue weighted by atomic mass is 9.62. The number of hydrogen-bond donors (Lipinski definition) is 0. The summed E-state index contributed by atoms with van der Waals surface area (Å²) in [6.07, 6.45) is 1.14. The number of rotatable bonds is 9. The third-order valence-corrected chi connectivity index (χ3v) is 5.02. The van der Waals surface area contributed by atoms with Crippen molar-refractivity contribution in [3.05, 3.63) is 0 Å². The highest BCUT2D eigenvalue weighted by molar-refractivity contribution is 4.89. The normalized spacial score (nSPS) is 16.6. The summed E-state index contributed by atoms with van der Waals surface area (Å²) in [4.78, 5) is 0. The molecule has 0 radical (unpaired) electrons. The lowest BCUT2D eigenvalue weighted by molar-refractivity contribution is -0.889. The van der Waals surface area contributed by atoms with Crippen molar-refractivity contribution in [2.24, 2.45) is 16.2 Å². The quantitative estimate of drug-likeness (QED) is 0.353. The number of likely N-dealkylation sites (N-methyl/N-ethyl adjacent to an activating group) is 1. The molecular formula is C19H42NO2+. The van der Waals surface area contributed by atoms with Crippen LogP contribution in [-0.2, 0) is 9.47 Å². The largest absolute Gasteiger partial charge is 0.355 e. The summed E-state index contributed by atoms with van der Waals surface area (Å²) in [6.45, 7) is 22.4. The van der Waals surface area contributed by atoms with Gasteiger partial charge < -0.3 is 14.0 Å². The van der Waals surface area contributed by atoms with E-state index in [0.717, 1.165) is 37.2 Å². The maximum absolute atomic E-state index is 5.89.